The fourth-order valence-corrected chi connectivity index (χ4v) is 3.33. The molecule has 4 heteroatoms. The summed E-state index contributed by atoms with van der Waals surface area (Å²) in [5, 5.41) is 2.91. The van der Waals surface area contributed by atoms with Gasteiger partial charge in [-0.3, -0.25) is 9.78 Å². The van der Waals surface area contributed by atoms with Gasteiger partial charge in [-0.15, -0.1) is 0 Å². The standard InChI is InChI=1S/C22H21N3O/c26-22(24-15-20-6-3-4-13-23-20)19-10-8-17(9-11-19)16-25-14-12-18-5-1-2-7-21(18)25/h1-11,13H,12,14-16H2,(H,24,26). The molecule has 0 saturated heterocycles. The second kappa shape index (κ2) is 7.40. The lowest BCUT2D eigenvalue weighted by Crippen LogP contribution is -2.23. The highest BCUT2D eigenvalue weighted by atomic mass is 16.1. The van der Waals surface area contributed by atoms with Gasteiger partial charge < -0.3 is 10.2 Å². The van der Waals surface area contributed by atoms with Gasteiger partial charge in [-0.25, -0.2) is 0 Å². The van der Waals surface area contributed by atoms with Crippen LogP contribution < -0.4 is 10.2 Å². The molecule has 0 bridgehead atoms. The van der Waals surface area contributed by atoms with Crippen molar-refractivity contribution in [3.05, 3.63) is 95.3 Å². The van der Waals surface area contributed by atoms with E-state index in [0.717, 1.165) is 25.2 Å². The van der Waals surface area contributed by atoms with E-state index in [2.05, 4.69) is 39.5 Å². The molecule has 0 aliphatic carbocycles. The highest BCUT2D eigenvalue weighted by molar-refractivity contribution is 5.94. The Labute approximate surface area is 153 Å². The van der Waals surface area contributed by atoms with Gasteiger partial charge in [-0.05, 0) is 47.9 Å². The minimum absolute atomic E-state index is 0.0753. The van der Waals surface area contributed by atoms with Crippen LogP contribution in [-0.4, -0.2) is 17.4 Å². The number of fused-ring (bicyclic) bond motifs is 1. The summed E-state index contributed by atoms with van der Waals surface area (Å²) in [6.07, 6.45) is 2.83. The van der Waals surface area contributed by atoms with Crippen molar-refractivity contribution in [3.8, 4) is 0 Å². The number of benzene rings is 2. The lowest BCUT2D eigenvalue weighted by Gasteiger charge is -2.19. The van der Waals surface area contributed by atoms with Crippen molar-refractivity contribution in [2.45, 2.75) is 19.5 Å². The lowest BCUT2D eigenvalue weighted by molar-refractivity contribution is 0.0950. The summed E-state index contributed by atoms with van der Waals surface area (Å²) in [5.41, 5.74) is 5.47. The van der Waals surface area contributed by atoms with Crippen molar-refractivity contribution < 1.29 is 4.79 Å². The maximum absolute atomic E-state index is 12.3. The number of carbonyl (C=O) groups is 1. The highest BCUT2D eigenvalue weighted by Crippen LogP contribution is 2.28. The van der Waals surface area contributed by atoms with Gasteiger partial charge in [0.25, 0.3) is 5.91 Å². The van der Waals surface area contributed by atoms with Crippen molar-refractivity contribution in [1.29, 1.82) is 0 Å². The molecule has 0 atom stereocenters. The molecule has 1 N–H and O–H groups in total. The zero-order chi connectivity index (χ0) is 17.8. The van der Waals surface area contributed by atoms with Gasteiger partial charge in [0, 0.05) is 30.5 Å². The summed E-state index contributed by atoms with van der Waals surface area (Å²) in [5.74, 6) is -0.0753. The molecule has 0 fully saturated rings. The van der Waals surface area contributed by atoms with Gasteiger partial charge in [0.1, 0.15) is 0 Å². The minimum atomic E-state index is -0.0753. The first-order valence-electron chi connectivity index (χ1n) is 8.89. The second-order valence-corrected chi connectivity index (χ2v) is 6.50. The predicted molar refractivity (Wildman–Crippen MR) is 103 cm³/mol. The number of pyridine rings is 1. The summed E-state index contributed by atoms with van der Waals surface area (Å²) < 4.78 is 0. The molecule has 2 heterocycles. The van der Waals surface area contributed by atoms with E-state index in [1.165, 1.54) is 16.8 Å². The van der Waals surface area contributed by atoms with Crippen molar-refractivity contribution >= 4 is 11.6 Å². The molecule has 0 radical (unpaired) electrons. The van der Waals surface area contributed by atoms with Crippen LogP contribution in [0.3, 0.4) is 0 Å². The average molecular weight is 343 g/mol. The molecule has 2 aromatic carbocycles. The fraction of sp³-hybridized carbons (Fsp3) is 0.182. The van der Waals surface area contributed by atoms with Crippen molar-refractivity contribution in [2.75, 3.05) is 11.4 Å². The fourth-order valence-electron chi connectivity index (χ4n) is 3.33. The molecule has 1 aliphatic heterocycles. The van der Waals surface area contributed by atoms with E-state index in [0.29, 0.717) is 12.1 Å². The SMILES string of the molecule is O=C(NCc1ccccn1)c1ccc(CN2CCc3ccccc32)cc1. The Balaban J connectivity index is 1.37. The molecular formula is C22H21N3O. The zero-order valence-electron chi connectivity index (χ0n) is 14.6. The minimum Gasteiger partial charge on any atom is -0.367 e. The van der Waals surface area contributed by atoms with Crippen LogP contribution in [0.15, 0.2) is 72.9 Å². The smallest absolute Gasteiger partial charge is 0.251 e. The van der Waals surface area contributed by atoms with E-state index in [4.69, 9.17) is 0 Å². The molecule has 1 aromatic heterocycles. The Hall–Kier alpha value is -3.14. The third-order valence-corrected chi connectivity index (χ3v) is 4.73. The second-order valence-electron chi connectivity index (χ2n) is 6.50. The quantitative estimate of drug-likeness (QED) is 0.770. The third-order valence-electron chi connectivity index (χ3n) is 4.73. The maximum atomic E-state index is 12.3. The number of rotatable bonds is 5. The van der Waals surface area contributed by atoms with Crippen molar-refractivity contribution in [3.63, 3.8) is 0 Å². The molecule has 130 valence electrons. The van der Waals surface area contributed by atoms with E-state index < -0.39 is 0 Å². The van der Waals surface area contributed by atoms with Crippen molar-refractivity contribution in [2.24, 2.45) is 0 Å². The summed E-state index contributed by atoms with van der Waals surface area (Å²) in [6, 6.07) is 22.1. The topological polar surface area (TPSA) is 45.2 Å². The largest absolute Gasteiger partial charge is 0.367 e. The van der Waals surface area contributed by atoms with E-state index in [9.17, 15) is 4.79 Å². The van der Waals surface area contributed by atoms with Crippen LogP contribution >= 0.6 is 0 Å². The first kappa shape index (κ1) is 16.3. The van der Waals surface area contributed by atoms with E-state index in [1.54, 1.807) is 6.20 Å². The molecule has 0 unspecified atom stereocenters. The Kier molecular flexibility index (Phi) is 4.65. The van der Waals surface area contributed by atoms with Gasteiger partial charge in [0.05, 0.1) is 12.2 Å². The number of anilines is 1. The number of nitrogens with zero attached hydrogens (tertiary/aromatic N) is 2. The van der Waals surface area contributed by atoms with Crippen LogP contribution in [0.25, 0.3) is 0 Å². The summed E-state index contributed by atoms with van der Waals surface area (Å²) >= 11 is 0. The lowest BCUT2D eigenvalue weighted by atomic mass is 10.1. The third kappa shape index (κ3) is 3.59. The molecular weight excluding hydrogens is 322 g/mol. The Morgan fingerprint density at radius 2 is 1.81 bits per heavy atom. The van der Waals surface area contributed by atoms with Gasteiger partial charge in [-0.1, -0.05) is 36.4 Å². The summed E-state index contributed by atoms with van der Waals surface area (Å²) in [7, 11) is 0. The van der Waals surface area contributed by atoms with Crippen LogP contribution in [0.4, 0.5) is 5.69 Å². The van der Waals surface area contributed by atoms with E-state index in [-0.39, 0.29) is 5.91 Å². The molecule has 26 heavy (non-hydrogen) atoms. The number of para-hydroxylation sites is 1. The average Bonchev–Trinajstić information content (AvgIpc) is 3.10. The molecule has 3 aromatic rings. The van der Waals surface area contributed by atoms with Crippen molar-refractivity contribution in [1.82, 2.24) is 10.3 Å². The van der Waals surface area contributed by atoms with Crippen LogP contribution in [0.1, 0.15) is 27.2 Å². The van der Waals surface area contributed by atoms with E-state index in [1.807, 2.05) is 42.5 Å². The monoisotopic (exact) mass is 343 g/mol. The highest BCUT2D eigenvalue weighted by Gasteiger charge is 2.18. The molecule has 0 saturated carbocycles. The number of hydrogen-bond acceptors (Lipinski definition) is 3. The predicted octanol–water partition coefficient (Wildman–Crippen LogP) is 3.57. The van der Waals surface area contributed by atoms with E-state index >= 15 is 0 Å². The van der Waals surface area contributed by atoms with Gasteiger partial charge in [0.2, 0.25) is 0 Å². The number of nitrogens with one attached hydrogen (secondary N) is 1. The molecule has 4 nitrogen and oxygen atoms in total. The molecule has 4 rings (SSSR count). The molecule has 1 amide bonds. The van der Waals surface area contributed by atoms with Crippen LogP contribution in [0.5, 0.6) is 0 Å². The van der Waals surface area contributed by atoms with Crippen LogP contribution in [0.2, 0.25) is 0 Å². The number of hydrogen-bond donors (Lipinski definition) is 1. The Morgan fingerprint density at radius 1 is 1.00 bits per heavy atom. The molecule has 0 spiro atoms. The first-order chi connectivity index (χ1) is 12.8. The number of amides is 1. The molecule has 1 aliphatic rings. The zero-order valence-corrected chi connectivity index (χ0v) is 14.6. The number of aromatic nitrogens is 1. The Bertz CT molecular complexity index is 891. The van der Waals surface area contributed by atoms with Crippen LogP contribution in [0, 0.1) is 0 Å². The van der Waals surface area contributed by atoms with Gasteiger partial charge in [-0.2, -0.15) is 0 Å². The summed E-state index contributed by atoms with van der Waals surface area (Å²) in [4.78, 5) is 18.9. The first-order valence-corrected chi connectivity index (χ1v) is 8.89. The van der Waals surface area contributed by atoms with Gasteiger partial charge in [0.15, 0.2) is 0 Å². The van der Waals surface area contributed by atoms with Gasteiger partial charge >= 0.3 is 0 Å². The maximum Gasteiger partial charge on any atom is 0.251 e. The Morgan fingerprint density at radius 3 is 2.62 bits per heavy atom. The summed E-state index contributed by atoms with van der Waals surface area (Å²) in [6.45, 7) is 2.35. The number of carbonyl (C=O) groups excluding carboxylic acids is 1. The normalized spacial score (nSPS) is 12.7. The van der Waals surface area contributed by atoms with Crippen LogP contribution in [-0.2, 0) is 19.5 Å².